The van der Waals surface area contributed by atoms with Crippen LogP contribution in [0.15, 0.2) is 42.5 Å². The first kappa shape index (κ1) is 26.9. The zero-order valence-electron chi connectivity index (χ0n) is 22.0. The Kier molecular flexibility index (Phi) is 8.37. The summed E-state index contributed by atoms with van der Waals surface area (Å²) in [6, 6.07) is 12.6. The molecule has 2 aliphatic heterocycles. The molecule has 0 bridgehead atoms. The molecular formula is C28H36ClN3O5. The number of amides is 2. The SMILES string of the molecule is COc1cccc(N2CC[C@H](Oc3ccc(NC(=O)[C@H]4CCCCN4C(=O)OC(C)(C)C)cc3Cl)C2)c1. The lowest BCUT2D eigenvalue weighted by molar-refractivity contribution is -0.122. The summed E-state index contributed by atoms with van der Waals surface area (Å²) >= 11 is 6.53. The van der Waals surface area contributed by atoms with Gasteiger partial charge in [-0.1, -0.05) is 17.7 Å². The van der Waals surface area contributed by atoms with Crippen LogP contribution in [0.5, 0.6) is 11.5 Å². The lowest BCUT2D eigenvalue weighted by Crippen LogP contribution is -2.51. The summed E-state index contributed by atoms with van der Waals surface area (Å²) in [5, 5.41) is 3.33. The summed E-state index contributed by atoms with van der Waals surface area (Å²) in [7, 11) is 1.66. The van der Waals surface area contributed by atoms with Crippen molar-refractivity contribution in [3.63, 3.8) is 0 Å². The van der Waals surface area contributed by atoms with Crippen LogP contribution in [0.3, 0.4) is 0 Å². The number of nitrogens with zero attached hydrogens (tertiary/aromatic N) is 2. The van der Waals surface area contributed by atoms with E-state index in [-0.39, 0.29) is 12.0 Å². The minimum absolute atomic E-state index is 0.00577. The van der Waals surface area contributed by atoms with Gasteiger partial charge in [0.25, 0.3) is 0 Å². The lowest BCUT2D eigenvalue weighted by Gasteiger charge is -2.35. The fraction of sp³-hybridized carbons (Fsp3) is 0.500. The van der Waals surface area contributed by atoms with Gasteiger partial charge in [-0.3, -0.25) is 9.69 Å². The molecule has 0 unspecified atom stereocenters. The first-order valence-corrected chi connectivity index (χ1v) is 13.2. The van der Waals surface area contributed by atoms with Crippen molar-refractivity contribution in [1.29, 1.82) is 0 Å². The second-order valence-corrected chi connectivity index (χ2v) is 10.9. The molecule has 0 spiro atoms. The minimum Gasteiger partial charge on any atom is -0.497 e. The number of methoxy groups -OCH3 is 1. The summed E-state index contributed by atoms with van der Waals surface area (Å²) < 4.78 is 17.0. The molecule has 0 aromatic heterocycles. The number of carbonyl (C=O) groups excluding carboxylic acids is 2. The van der Waals surface area contributed by atoms with Gasteiger partial charge in [0, 0.05) is 37.0 Å². The Hall–Kier alpha value is -3.13. The maximum absolute atomic E-state index is 13.1. The number of likely N-dealkylation sites (tertiary alicyclic amines) is 1. The predicted molar refractivity (Wildman–Crippen MR) is 145 cm³/mol. The lowest BCUT2D eigenvalue weighted by atomic mass is 10.0. The Morgan fingerprint density at radius 2 is 1.86 bits per heavy atom. The number of halogens is 1. The molecule has 2 atom stereocenters. The highest BCUT2D eigenvalue weighted by Crippen LogP contribution is 2.32. The quantitative estimate of drug-likeness (QED) is 0.514. The molecule has 2 aromatic carbocycles. The first-order chi connectivity index (χ1) is 17.6. The molecule has 2 heterocycles. The molecule has 2 amide bonds. The van der Waals surface area contributed by atoms with Gasteiger partial charge in [-0.05, 0) is 70.4 Å². The van der Waals surface area contributed by atoms with Gasteiger partial charge < -0.3 is 24.4 Å². The zero-order valence-corrected chi connectivity index (χ0v) is 22.7. The van der Waals surface area contributed by atoms with E-state index in [9.17, 15) is 9.59 Å². The molecule has 8 nitrogen and oxygen atoms in total. The summed E-state index contributed by atoms with van der Waals surface area (Å²) in [5.41, 5.74) is 1.03. The van der Waals surface area contributed by atoms with Crippen molar-refractivity contribution in [2.24, 2.45) is 0 Å². The topological polar surface area (TPSA) is 80.3 Å². The summed E-state index contributed by atoms with van der Waals surface area (Å²) in [4.78, 5) is 29.5. The molecule has 2 aliphatic rings. The Balaban J connectivity index is 1.35. The van der Waals surface area contributed by atoms with E-state index in [4.69, 9.17) is 25.8 Å². The van der Waals surface area contributed by atoms with Gasteiger partial charge in [-0.2, -0.15) is 0 Å². The third-order valence-electron chi connectivity index (χ3n) is 6.49. The van der Waals surface area contributed by atoms with Gasteiger partial charge in [0.15, 0.2) is 0 Å². The number of piperidine rings is 1. The highest BCUT2D eigenvalue weighted by Gasteiger charge is 2.35. The van der Waals surface area contributed by atoms with Crippen LogP contribution in [0.4, 0.5) is 16.2 Å². The second-order valence-electron chi connectivity index (χ2n) is 10.5. The molecule has 1 N–H and O–H groups in total. The summed E-state index contributed by atoms with van der Waals surface area (Å²) in [6.45, 7) is 7.56. The van der Waals surface area contributed by atoms with Gasteiger partial charge in [0.1, 0.15) is 29.2 Å². The van der Waals surface area contributed by atoms with E-state index >= 15 is 0 Å². The molecule has 0 aliphatic carbocycles. The monoisotopic (exact) mass is 529 g/mol. The van der Waals surface area contributed by atoms with E-state index in [0.29, 0.717) is 29.4 Å². The van der Waals surface area contributed by atoms with E-state index in [1.807, 2.05) is 39.0 Å². The van der Waals surface area contributed by atoms with Crippen LogP contribution in [0.1, 0.15) is 46.5 Å². The van der Waals surface area contributed by atoms with E-state index < -0.39 is 17.7 Å². The van der Waals surface area contributed by atoms with E-state index in [0.717, 1.165) is 43.8 Å². The average molecular weight is 530 g/mol. The highest BCUT2D eigenvalue weighted by molar-refractivity contribution is 6.32. The van der Waals surface area contributed by atoms with E-state index in [2.05, 4.69) is 16.3 Å². The van der Waals surface area contributed by atoms with Crippen molar-refractivity contribution in [3.05, 3.63) is 47.5 Å². The Morgan fingerprint density at radius 1 is 1.05 bits per heavy atom. The minimum atomic E-state index is -0.622. The number of nitrogens with one attached hydrogen (secondary N) is 1. The van der Waals surface area contributed by atoms with Gasteiger partial charge in [-0.25, -0.2) is 4.79 Å². The molecule has 2 fully saturated rings. The maximum Gasteiger partial charge on any atom is 0.410 e. The van der Waals surface area contributed by atoms with Crippen molar-refractivity contribution in [2.75, 3.05) is 37.0 Å². The number of carbonyl (C=O) groups is 2. The van der Waals surface area contributed by atoms with Crippen LogP contribution in [0.25, 0.3) is 0 Å². The maximum atomic E-state index is 13.1. The van der Waals surface area contributed by atoms with Gasteiger partial charge in [-0.15, -0.1) is 0 Å². The van der Waals surface area contributed by atoms with Gasteiger partial charge in [0.2, 0.25) is 5.91 Å². The van der Waals surface area contributed by atoms with E-state index in [1.165, 1.54) is 4.90 Å². The fourth-order valence-electron chi connectivity index (χ4n) is 4.69. The zero-order chi connectivity index (χ0) is 26.6. The number of ether oxygens (including phenoxy) is 3. The Bertz CT molecular complexity index is 1120. The van der Waals surface area contributed by atoms with Crippen LogP contribution in [0.2, 0.25) is 5.02 Å². The van der Waals surface area contributed by atoms with Gasteiger partial charge in [0.05, 0.1) is 18.7 Å². The Morgan fingerprint density at radius 3 is 2.59 bits per heavy atom. The van der Waals surface area contributed by atoms with Crippen molar-refractivity contribution in [3.8, 4) is 11.5 Å². The van der Waals surface area contributed by atoms with Crippen LogP contribution < -0.4 is 19.7 Å². The number of anilines is 2. The largest absolute Gasteiger partial charge is 0.497 e. The molecule has 9 heteroatoms. The van der Waals surface area contributed by atoms with Crippen molar-refractivity contribution in [1.82, 2.24) is 4.90 Å². The number of hydrogen-bond acceptors (Lipinski definition) is 6. The van der Waals surface area contributed by atoms with Crippen molar-refractivity contribution >= 4 is 35.0 Å². The molecular weight excluding hydrogens is 494 g/mol. The molecule has 37 heavy (non-hydrogen) atoms. The van der Waals surface area contributed by atoms with Crippen molar-refractivity contribution < 1.29 is 23.8 Å². The third kappa shape index (κ3) is 7.01. The fourth-order valence-corrected chi connectivity index (χ4v) is 4.91. The molecule has 2 aromatic rings. The average Bonchev–Trinajstić information content (AvgIpc) is 3.33. The number of rotatable bonds is 6. The van der Waals surface area contributed by atoms with Crippen LogP contribution in [-0.2, 0) is 9.53 Å². The summed E-state index contributed by atoms with van der Waals surface area (Å²) in [5.74, 6) is 1.15. The predicted octanol–water partition coefficient (Wildman–Crippen LogP) is 5.73. The van der Waals surface area contributed by atoms with E-state index in [1.54, 1.807) is 25.3 Å². The number of hydrogen-bond donors (Lipinski definition) is 1. The molecule has 4 rings (SSSR count). The molecule has 0 saturated carbocycles. The third-order valence-corrected chi connectivity index (χ3v) is 6.79. The second kappa shape index (κ2) is 11.5. The van der Waals surface area contributed by atoms with Crippen molar-refractivity contribution in [2.45, 2.75) is 64.2 Å². The Labute approximate surface area is 223 Å². The summed E-state index contributed by atoms with van der Waals surface area (Å²) in [6.07, 6.45) is 2.71. The highest BCUT2D eigenvalue weighted by atomic mass is 35.5. The molecule has 0 radical (unpaired) electrons. The standard InChI is InChI=1S/C28H36ClN3O5/c1-28(2,3)37-27(34)32-14-6-5-10-24(32)26(33)30-19-11-12-25(23(29)16-19)36-22-13-15-31(18-22)20-8-7-9-21(17-20)35-4/h7-9,11-12,16-17,22,24H,5-6,10,13-15,18H2,1-4H3,(H,30,33)/t22-,24+/m0/s1. The number of benzene rings is 2. The normalized spacial score (nSPS) is 19.9. The smallest absolute Gasteiger partial charge is 0.410 e. The molecule has 200 valence electrons. The van der Waals surface area contributed by atoms with Gasteiger partial charge >= 0.3 is 6.09 Å². The van der Waals surface area contributed by atoms with Crippen LogP contribution in [0, 0.1) is 0 Å². The molecule has 2 saturated heterocycles. The van der Waals surface area contributed by atoms with Crippen LogP contribution >= 0.6 is 11.6 Å². The first-order valence-electron chi connectivity index (χ1n) is 12.8. The van der Waals surface area contributed by atoms with Crippen LogP contribution in [-0.4, -0.2) is 61.4 Å².